The Morgan fingerprint density at radius 2 is 1.59 bits per heavy atom. The number of unbranched alkanes of at least 4 members (excludes halogenated alkanes) is 5. The van der Waals surface area contributed by atoms with Crippen LogP contribution in [0.2, 0.25) is 0 Å². The molecule has 0 spiro atoms. The van der Waals surface area contributed by atoms with Gasteiger partial charge in [-0.3, -0.25) is 4.79 Å². The van der Waals surface area contributed by atoms with Crippen LogP contribution in [0.15, 0.2) is 36.7 Å². The van der Waals surface area contributed by atoms with Gasteiger partial charge in [0.15, 0.2) is 11.6 Å². The highest BCUT2D eigenvalue weighted by Gasteiger charge is 2.07. The summed E-state index contributed by atoms with van der Waals surface area (Å²) in [6.07, 6.45) is 11.9. The smallest absolute Gasteiger partial charge is 0.311 e. The highest BCUT2D eigenvalue weighted by atomic mass is 16.5. The fourth-order valence-corrected chi connectivity index (χ4v) is 2.80. The average Bonchev–Trinajstić information content (AvgIpc) is 2.75. The number of ether oxygens (including phenoxy) is 2. The molecule has 29 heavy (non-hydrogen) atoms. The predicted molar refractivity (Wildman–Crippen MR) is 116 cm³/mol. The summed E-state index contributed by atoms with van der Waals surface area (Å²) in [6, 6.07) is 7.29. The highest BCUT2D eigenvalue weighted by molar-refractivity contribution is 5.72. The molecule has 0 aliphatic heterocycles. The van der Waals surface area contributed by atoms with Gasteiger partial charge in [0.1, 0.15) is 5.75 Å². The predicted octanol–water partition coefficient (Wildman–Crippen LogP) is 6.22. The van der Waals surface area contributed by atoms with Crippen molar-refractivity contribution < 1.29 is 14.3 Å². The molecule has 0 saturated heterocycles. The van der Waals surface area contributed by atoms with Crippen LogP contribution in [-0.2, 0) is 4.79 Å². The molecule has 0 amide bonds. The molecule has 5 nitrogen and oxygen atoms in total. The van der Waals surface area contributed by atoms with Gasteiger partial charge in [0.05, 0.1) is 19.0 Å². The van der Waals surface area contributed by atoms with Crippen molar-refractivity contribution in [3.8, 4) is 22.9 Å². The second-order valence-electron chi connectivity index (χ2n) is 7.58. The van der Waals surface area contributed by atoms with E-state index in [0.717, 1.165) is 24.8 Å². The Balaban J connectivity index is 1.78. The maximum absolute atomic E-state index is 12.0. The van der Waals surface area contributed by atoms with Crippen LogP contribution in [0.5, 0.6) is 11.5 Å². The van der Waals surface area contributed by atoms with Crippen LogP contribution < -0.4 is 9.47 Å². The first-order valence-electron chi connectivity index (χ1n) is 10.9. The first-order chi connectivity index (χ1) is 14.1. The molecule has 158 valence electrons. The number of rotatable bonds is 13. The Hall–Kier alpha value is -2.43. The van der Waals surface area contributed by atoms with Crippen molar-refractivity contribution in [2.75, 3.05) is 6.61 Å². The van der Waals surface area contributed by atoms with Gasteiger partial charge in [0.25, 0.3) is 0 Å². The molecule has 0 aliphatic rings. The fraction of sp³-hybridized carbons (Fsp3) is 0.542. The van der Waals surface area contributed by atoms with Gasteiger partial charge in [-0.15, -0.1) is 0 Å². The van der Waals surface area contributed by atoms with Crippen LogP contribution in [0.1, 0.15) is 72.1 Å². The summed E-state index contributed by atoms with van der Waals surface area (Å²) in [5.74, 6) is 2.18. The fourth-order valence-electron chi connectivity index (χ4n) is 2.80. The second-order valence-corrected chi connectivity index (χ2v) is 7.58. The molecule has 1 atom stereocenters. The molecule has 2 aromatic rings. The van der Waals surface area contributed by atoms with Gasteiger partial charge in [0, 0.05) is 12.0 Å². The molecule has 2 rings (SSSR count). The Labute approximate surface area is 174 Å². The lowest BCUT2D eigenvalue weighted by Gasteiger charge is -2.10. The van der Waals surface area contributed by atoms with E-state index in [2.05, 4.69) is 30.7 Å². The van der Waals surface area contributed by atoms with Crippen molar-refractivity contribution in [1.29, 1.82) is 0 Å². The van der Waals surface area contributed by atoms with Crippen LogP contribution in [0, 0.1) is 5.92 Å². The third-order valence-electron chi connectivity index (χ3n) is 4.94. The van der Waals surface area contributed by atoms with Crippen LogP contribution in [-0.4, -0.2) is 22.5 Å². The number of esters is 1. The third kappa shape index (κ3) is 8.63. The first-order valence-corrected chi connectivity index (χ1v) is 10.9. The molecule has 0 radical (unpaired) electrons. The minimum absolute atomic E-state index is 0.174. The largest absolute Gasteiger partial charge is 0.490 e. The van der Waals surface area contributed by atoms with Gasteiger partial charge in [-0.25, -0.2) is 9.97 Å². The number of carbonyl (C=O) groups is 1. The maximum atomic E-state index is 12.0. The van der Waals surface area contributed by atoms with E-state index in [4.69, 9.17) is 9.47 Å². The number of carbonyl (C=O) groups excluding carboxylic acids is 1. The normalized spacial score (nSPS) is 11.8. The third-order valence-corrected chi connectivity index (χ3v) is 4.94. The van der Waals surface area contributed by atoms with E-state index in [0.29, 0.717) is 36.3 Å². The zero-order valence-electron chi connectivity index (χ0n) is 18.0. The molecule has 1 aromatic carbocycles. The first kappa shape index (κ1) is 22.9. The second kappa shape index (κ2) is 12.9. The SMILES string of the molecule is CCCCCCCCC(=O)Oc1ccc(-c2ncc(OCC(C)CC)cn2)cc1. The van der Waals surface area contributed by atoms with E-state index in [9.17, 15) is 4.79 Å². The van der Waals surface area contributed by atoms with Crippen molar-refractivity contribution in [3.05, 3.63) is 36.7 Å². The topological polar surface area (TPSA) is 61.3 Å². The van der Waals surface area contributed by atoms with E-state index in [-0.39, 0.29) is 5.97 Å². The summed E-state index contributed by atoms with van der Waals surface area (Å²) in [6.45, 7) is 7.16. The van der Waals surface area contributed by atoms with E-state index >= 15 is 0 Å². The minimum atomic E-state index is -0.174. The Morgan fingerprint density at radius 1 is 0.931 bits per heavy atom. The lowest BCUT2D eigenvalue weighted by Crippen LogP contribution is -2.08. The van der Waals surface area contributed by atoms with Crippen LogP contribution in [0.3, 0.4) is 0 Å². The van der Waals surface area contributed by atoms with Gasteiger partial charge in [-0.05, 0) is 36.6 Å². The Bertz CT molecular complexity index is 714. The zero-order valence-corrected chi connectivity index (χ0v) is 18.0. The number of hydrogen-bond donors (Lipinski definition) is 0. The van der Waals surface area contributed by atoms with Crippen LogP contribution >= 0.6 is 0 Å². The molecule has 1 heterocycles. The number of benzene rings is 1. The monoisotopic (exact) mass is 398 g/mol. The van der Waals surface area contributed by atoms with Crippen molar-refractivity contribution >= 4 is 5.97 Å². The lowest BCUT2D eigenvalue weighted by atomic mass is 10.1. The van der Waals surface area contributed by atoms with Crippen molar-refractivity contribution in [1.82, 2.24) is 9.97 Å². The van der Waals surface area contributed by atoms with Crippen molar-refractivity contribution in [2.45, 2.75) is 72.1 Å². The van der Waals surface area contributed by atoms with Crippen LogP contribution in [0.4, 0.5) is 0 Å². The molecule has 0 aliphatic carbocycles. The lowest BCUT2D eigenvalue weighted by molar-refractivity contribution is -0.134. The average molecular weight is 399 g/mol. The zero-order chi connectivity index (χ0) is 20.9. The van der Waals surface area contributed by atoms with Crippen LogP contribution in [0.25, 0.3) is 11.4 Å². The summed E-state index contributed by atoms with van der Waals surface area (Å²) in [7, 11) is 0. The highest BCUT2D eigenvalue weighted by Crippen LogP contribution is 2.21. The van der Waals surface area contributed by atoms with E-state index in [1.165, 1.54) is 25.7 Å². The number of nitrogens with zero attached hydrogens (tertiary/aromatic N) is 2. The minimum Gasteiger partial charge on any atom is -0.490 e. The summed E-state index contributed by atoms with van der Waals surface area (Å²) < 4.78 is 11.1. The summed E-state index contributed by atoms with van der Waals surface area (Å²) in [5.41, 5.74) is 0.870. The Kier molecular flexibility index (Phi) is 10.2. The molecule has 0 fully saturated rings. The molecule has 1 unspecified atom stereocenters. The van der Waals surface area contributed by atoms with Gasteiger partial charge in [0.2, 0.25) is 0 Å². The van der Waals surface area contributed by atoms with E-state index in [1.807, 2.05) is 12.1 Å². The van der Waals surface area contributed by atoms with E-state index in [1.54, 1.807) is 24.5 Å². The Morgan fingerprint density at radius 3 is 2.24 bits per heavy atom. The molecule has 0 saturated carbocycles. The summed E-state index contributed by atoms with van der Waals surface area (Å²) in [4.78, 5) is 20.7. The van der Waals surface area contributed by atoms with Gasteiger partial charge < -0.3 is 9.47 Å². The quantitative estimate of drug-likeness (QED) is 0.227. The summed E-state index contributed by atoms with van der Waals surface area (Å²) >= 11 is 0. The van der Waals surface area contributed by atoms with Gasteiger partial charge in [-0.2, -0.15) is 0 Å². The molecule has 5 heteroatoms. The molecule has 0 bridgehead atoms. The van der Waals surface area contributed by atoms with Gasteiger partial charge >= 0.3 is 5.97 Å². The number of aromatic nitrogens is 2. The van der Waals surface area contributed by atoms with Crippen molar-refractivity contribution in [3.63, 3.8) is 0 Å². The standard InChI is InChI=1S/C24H34N2O3/c1-4-6-7-8-9-10-11-23(27)29-21-14-12-20(13-15-21)24-25-16-22(17-26-24)28-18-19(3)5-2/h12-17,19H,4-11,18H2,1-3H3. The van der Waals surface area contributed by atoms with E-state index < -0.39 is 0 Å². The molecule has 1 aromatic heterocycles. The molecule has 0 N–H and O–H groups in total. The van der Waals surface area contributed by atoms with Gasteiger partial charge in [-0.1, -0.05) is 59.3 Å². The molecular formula is C24H34N2O3. The molecular weight excluding hydrogens is 364 g/mol. The maximum Gasteiger partial charge on any atom is 0.311 e. The van der Waals surface area contributed by atoms with Crippen molar-refractivity contribution in [2.24, 2.45) is 5.92 Å². The number of hydrogen-bond acceptors (Lipinski definition) is 5. The summed E-state index contributed by atoms with van der Waals surface area (Å²) in [5, 5.41) is 0.